The van der Waals surface area contributed by atoms with E-state index >= 15 is 0 Å². The topological polar surface area (TPSA) is 21.3 Å². The molecule has 1 atom stereocenters. The Hall–Kier alpha value is -1.02. The van der Waals surface area contributed by atoms with Gasteiger partial charge in [0.1, 0.15) is 5.75 Å². The molecule has 1 aromatic rings. The van der Waals surface area contributed by atoms with Crippen molar-refractivity contribution in [3.05, 3.63) is 29.3 Å². The average molecular weight is 247 g/mol. The van der Waals surface area contributed by atoms with Gasteiger partial charge in [-0.25, -0.2) is 0 Å². The molecule has 0 saturated heterocycles. The third-order valence-corrected chi connectivity index (χ3v) is 4.25. The van der Waals surface area contributed by atoms with E-state index in [4.69, 9.17) is 4.74 Å². The van der Waals surface area contributed by atoms with Crippen molar-refractivity contribution in [3.8, 4) is 5.75 Å². The Morgan fingerprint density at radius 1 is 1.39 bits per heavy atom. The third-order valence-electron chi connectivity index (χ3n) is 4.25. The van der Waals surface area contributed by atoms with Gasteiger partial charge in [-0.2, -0.15) is 0 Å². The van der Waals surface area contributed by atoms with Crippen LogP contribution < -0.4 is 10.1 Å². The normalized spacial score (nSPS) is 16.9. The fraction of sp³-hybridized carbons (Fsp3) is 0.625. The second kappa shape index (κ2) is 5.31. The van der Waals surface area contributed by atoms with Gasteiger partial charge in [-0.1, -0.05) is 32.9 Å². The van der Waals surface area contributed by atoms with Crippen LogP contribution in [0.4, 0.5) is 0 Å². The number of hydrogen-bond acceptors (Lipinski definition) is 2. The maximum absolute atomic E-state index is 5.68. The van der Waals surface area contributed by atoms with Crippen LogP contribution in [0.25, 0.3) is 0 Å². The highest BCUT2D eigenvalue weighted by molar-refractivity contribution is 5.40. The molecular formula is C16H25NO. The van der Waals surface area contributed by atoms with Gasteiger partial charge in [-0.05, 0) is 48.9 Å². The molecule has 1 aromatic carbocycles. The van der Waals surface area contributed by atoms with Gasteiger partial charge in [0, 0.05) is 6.04 Å². The fourth-order valence-electron chi connectivity index (χ4n) is 2.77. The van der Waals surface area contributed by atoms with Crippen molar-refractivity contribution < 1.29 is 4.74 Å². The van der Waals surface area contributed by atoms with E-state index in [1.54, 1.807) is 0 Å². The first-order valence-corrected chi connectivity index (χ1v) is 7.01. The van der Waals surface area contributed by atoms with Crippen molar-refractivity contribution >= 4 is 0 Å². The Morgan fingerprint density at radius 2 is 2.17 bits per heavy atom. The molecule has 100 valence electrons. The van der Waals surface area contributed by atoms with Crippen molar-refractivity contribution in [2.45, 2.75) is 46.1 Å². The predicted molar refractivity (Wildman–Crippen MR) is 76.1 cm³/mol. The summed E-state index contributed by atoms with van der Waals surface area (Å²) in [5.74, 6) is 1.08. The van der Waals surface area contributed by atoms with Crippen LogP contribution in [0.3, 0.4) is 0 Å². The highest BCUT2D eigenvalue weighted by atomic mass is 16.5. The van der Waals surface area contributed by atoms with E-state index < -0.39 is 0 Å². The fourth-order valence-corrected chi connectivity index (χ4v) is 2.77. The minimum Gasteiger partial charge on any atom is -0.493 e. The Morgan fingerprint density at radius 3 is 2.83 bits per heavy atom. The van der Waals surface area contributed by atoms with E-state index in [0.717, 1.165) is 31.6 Å². The third kappa shape index (κ3) is 2.54. The minimum absolute atomic E-state index is 0.262. The summed E-state index contributed by atoms with van der Waals surface area (Å²) >= 11 is 0. The van der Waals surface area contributed by atoms with Crippen LogP contribution in [0.5, 0.6) is 5.75 Å². The van der Waals surface area contributed by atoms with Crippen molar-refractivity contribution in [1.29, 1.82) is 0 Å². The Balaban J connectivity index is 2.32. The molecule has 0 radical (unpaired) electrons. The molecule has 0 aliphatic carbocycles. The van der Waals surface area contributed by atoms with Gasteiger partial charge in [0.2, 0.25) is 0 Å². The lowest BCUT2D eigenvalue weighted by atomic mass is 9.78. The summed E-state index contributed by atoms with van der Waals surface area (Å²) in [6, 6.07) is 7.07. The van der Waals surface area contributed by atoms with E-state index in [9.17, 15) is 0 Å². The summed E-state index contributed by atoms with van der Waals surface area (Å²) in [7, 11) is 2.05. The molecule has 1 heterocycles. The Labute approximate surface area is 111 Å². The zero-order chi connectivity index (χ0) is 13.2. The number of ether oxygens (including phenoxy) is 1. The highest BCUT2D eigenvalue weighted by Gasteiger charge is 2.28. The Bertz CT molecular complexity index is 412. The average Bonchev–Trinajstić information content (AvgIpc) is 2.39. The molecule has 0 spiro atoms. The van der Waals surface area contributed by atoms with Gasteiger partial charge in [0.25, 0.3) is 0 Å². The smallest absolute Gasteiger partial charge is 0.122 e. The molecule has 0 fully saturated rings. The van der Waals surface area contributed by atoms with E-state index in [1.807, 2.05) is 0 Å². The van der Waals surface area contributed by atoms with Gasteiger partial charge >= 0.3 is 0 Å². The van der Waals surface area contributed by atoms with E-state index in [0.29, 0.717) is 6.04 Å². The lowest BCUT2D eigenvalue weighted by Crippen LogP contribution is -2.31. The van der Waals surface area contributed by atoms with Gasteiger partial charge in [-0.3, -0.25) is 0 Å². The molecule has 0 aromatic heterocycles. The summed E-state index contributed by atoms with van der Waals surface area (Å²) in [6.45, 7) is 7.77. The van der Waals surface area contributed by atoms with Crippen molar-refractivity contribution in [2.24, 2.45) is 5.41 Å². The molecule has 0 saturated carbocycles. The number of fused-ring (bicyclic) bond motifs is 1. The molecule has 1 aliphatic heterocycles. The van der Waals surface area contributed by atoms with Crippen LogP contribution in [0.15, 0.2) is 18.2 Å². The van der Waals surface area contributed by atoms with Crippen LogP contribution in [-0.4, -0.2) is 13.7 Å². The van der Waals surface area contributed by atoms with Crippen LogP contribution in [0.1, 0.15) is 50.8 Å². The quantitative estimate of drug-likeness (QED) is 0.875. The van der Waals surface area contributed by atoms with Gasteiger partial charge in [0.05, 0.1) is 6.61 Å². The van der Waals surface area contributed by atoms with Crippen molar-refractivity contribution in [3.63, 3.8) is 0 Å². The monoisotopic (exact) mass is 247 g/mol. The summed E-state index contributed by atoms with van der Waals surface area (Å²) in [5.41, 5.74) is 3.01. The standard InChI is InChI=1S/C16H25NO/c1-5-16(2,3)15(17-4)13-8-9-14-12(11-13)7-6-10-18-14/h8-9,11,15,17H,5-7,10H2,1-4H3. The number of rotatable bonds is 4. The molecule has 0 bridgehead atoms. The first-order chi connectivity index (χ1) is 8.58. The summed E-state index contributed by atoms with van der Waals surface area (Å²) in [5, 5.41) is 3.48. The number of benzene rings is 1. The first kappa shape index (κ1) is 13.4. The number of hydrogen-bond donors (Lipinski definition) is 1. The molecule has 2 nitrogen and oxygen atoms in total. The lowest BCUT2D eigenvalue weighted by molar-refractivity contribution is 0.244. The second-order valence-electron chi connectivity index (χ2n) is 5.88. The van der Waals surface area contributed by atoms with Crippen LogP contribution in [0, 0.1) is 5.41 Å². The second-order valence-corrected chi connectivity index (χ2v) is 5.88. The van der Waals surface area contributed by atoms with E-state index in [-0.39, 0.29) is 5.41 Å². The first-order valence-electron chi connectivity index (χ1n) is 7.01. The van der Waals surface area contributed by atoms with Gasteiger partial charge in [-0.15, -0.1) is 0 Å². The lowest BCUT2D eigenvalue weighted by Gasteiger charge is -2.34. The largest absolute Gasteiger partial charge is 0.493 e. The zero-order valence-electron chi connectivity index (χ0n) is 12.0. The van der Waals surface area contributed by atoms with Crippen LogP contribution in [0.2, 0.25) is 0 Å². The highest BCUT2D eigenvalue weighted by Crippen LogP contribution is 2.38. The SMILES string of the molecule is CCC(C)(C)C(NC)c1ccc2c(c1)CCCO2. The molecule has 2 rings (SSSR count). The maximum atomic E-state index is 5.68. The molecular weight excluding hydrogens is 222 g/mol. The molecule has 0 amide bonds. The molecule has 1 aliphatic rings. The number of aryl methyl sites for hydroxylation is 1. The van der Waals surface area contributed by atoms with Crippen molar-refractivity contribution in [1.82, 2.24) is 5.32 Å². The molecule has 2 heteroatoms. The molecule has 1 unspecified atom stereocenters. The van der Waals surface area contributed by atoms with Crippen LogP contribution in [-0.2, 0) is 6.42 Å². The predicted octanol–water partition coefficient (Wildman–Crippen LogP) is 3.71. The molecule has 18 heavy (non-hydrogen) atoms. The number of nitrogens with one attached hydrogen (secondary N) is 1. The van der Waals surface area contributed by atoms with Gasteiger partial charge in [0.15, 0.2) is 0 Å². The van der Waals surface area contributed by atoms with Gasteiger partial charge < -0.3 is 10.1 Å². The minimum atomic E-state index is 0.262. The summed E-state index contributed by atoms with van der Waals surface area (Å²) in [4.78, 5) is 0. The van der Waals surface area contributed by atoms with Crippen LogP contribution >= 0.6 is 0 Å². The zero-order valence-corrected chi connectivity index (χ0v) is 12.0. The summed E-state index contributed by atoms with van der Waals surface area (Å²) in [6.07, 6.45) is 3.44. The maximum Gasteiger partial charge on any atom is 0.122 e. The summed E-state index contributed by atoms with van der Waals surface area (Å²) < 4.78 is 5.68. The van der Waals surface area contributed by atoms with E-state index in [2.05, 4.69) is 51.3 Å². The Kier molecular flexibility index (Phi) is 3.96. The van der Waals surface area contributed by atoms with E-state index in [1.165, 1.54) is 11.1 Å². The molecule has 1 N–H and O–H groups in total. The van der Waals surface area contributed by atoms with Crippen molar-refractivity contribution in [2.75, 3.05) is 13.7 Å².